The van der Waals surface area contributed by atoms with E-state index in [1.165, 1.54) is 4.68 Å². The summed E-state index contributed by atoms with van der Waals surface area (Å²) in [6.07, 6.45) is 7.69. The molecule has 1 unspecified atom stereocenters. The third-order valence-corrected chi connectivity index (χ3v) is 3.26. The Balaban J connectivity index is 2.71. The van der Waals surface area contributed by atoms with Gasteiger partial charge in [-0.05, 0) is 28.8 Å². The van der Waals surface area contributed by atoms with Gasteiger partial charge in [-0.1, -0.05) is 12.8 Å². The standard InChI is InChI=1S/C12H16BrN3O2/c1-3-7-16-12(18)11(13)10(8-15-16)14-6-5-9(17)4-2/h1,8-9,14,17H,4-7H2,2H3. The molecule has 1 atom stereocenters. The Labute approximate surface area is 114 Å². The number of rotatable bonds is 6. The fourth-order valence-electron chi connectivity index (χ4n) is 1.36. The van der Waals surface area contributed by atoms with E-state index in [0.29, 0.717) is 29.5 Å². The van der Waals surface area contributed by atoms with E-state index >= 15 is 0 Å². The van der Waals surface area contributed by atoms with Crippen LogP contribution in [-0.4, -0.2) is 27.5 Å². The van der Waals surface area contributed by atoms with E-state index in [9.17, 15) is 9.90 Å². The van der Waals surface area contributed by atoms with Crippen molar-refractivity contribution in [3.05, 3.63) is 21.0 Å². The second-order valence-electron chi connectivity index (χ2n) is 3.82. The Hall–Kier alpha value is -1.32. The van der Waals surface area contributed by atoms with Crippen LogP contribution in [-0.2, 0) is 6.54 Å². The quantitative estimate of drug-likeness (QED) is 0.775. The number of nitrogens with one attached hydrogen (secondary N) is 1. The molecule has 0 radical (unpaired) electrons. The summed E-state index contributed by atoms with van der Waals surface area (Å²) in [5, 5.41) is 16.4. The van der Waals surface area contributed by atoms with Crippen molar-refractivity contribution in [2.24, 2.45) is 0 Å². The van der Waals surface area contributed by atoms with E-state index in [4.69, 9.17) is 6.42 Å². The third kappa shape index (κ3) is 3.86. The van der Waals surface area contributed by atoms with Crippen LogP contribution in [0.5, 0.6) is 0 Å². The molecule has 0 saturated heterocycles. The lowest BCUT2D eigenvalue weighted by molar-refractivity contribution is 0.164. The number of aliphatic hydroxyl groups is 1. The Kier molecular flexibility index (Phi) is 5.89. The van der Waals surface area contributed by atoms with Crippen LogP contribution in [0.4, 0.5) is 5.69 Å². The number of terminal acetylenes is 1. The van der Waals surface area contributed by atoms with Gasteiger partial charge in [0, 0.05) is 6.54 Å². The smallest absolute Gasteiger partial charge is 0.284 e. The lowest BCUT2D eigenvalue weighted by atomic mass is 10.2. The molecule has 1 heterocycles. The Bertz CT molecular complexity index is 493. The second-order valence-corrected chi connectivity index (χ2v) is 4.61. The number of halogens is 1. The molecule has 1 aromatic heterocycles. The first kappa shape index (κ1) is 14.7. The van der Waals surface area contributed by atoms with E-state index in [-0.39, 0.29) is 18.2 Å². The Morgan fingerprint density at radius 3 is 3.06 bits per heavy atom. The van der Waals surface area contributed by atoms with E-state index in [1.54, 1.807) is 6.20 Å². The fourth-order valence-corrected chi connectivity index (χ4v) is 1.81. The van der Waals surface area contributed by atoms with Crippen molar-refractivity contribution in [2.45, 2.75) is 32.4 Å². The van der Waals surface area contributed by atoms with E-state index < -0.39 is 0 Å². The molecular formula is C12H16BrN3O2. The lowest BCUT2D eigenvalue weighted by Crippen LogP contribution is -2.24. The predicted molar refractivity (Wildman–Crippen MR) is 74.4 cm³/mol. The predicted octanol–water partition coefficient (Wildman–Crippen LogP) is 1.21. The summed E-state index contributed by atoms with van der Waals surface area (Å²) in [4.78, 5) is 11.8. The molecular weight excluding hydrogens is 298 g/mol. The van der Waals surface area contributed by atoms with Crippen LogP contribution in [0, 0.1) is 12.3 Å². The molecule has 0 aliphatic rings. The normalized spacial score (nSPS) is 11.9. The molecule has 1 aromatic rings. The summed E-state index contributed by atoms with van der Waals surface area (Å²) in [7, 11) is 0. The maximum atomic E-state index is 11.8. The minimum absolute atomic E-state index is 0.145. The number of hydrogen-bond acceptors (Lipinski definition) is 4. The van der Waals surface area contributed by atoms with Crippen molar-refractivity contribution in [3.63, 3.8) is 0 Å². The van der Waals surface area contributed by atoms with Gasteiger partial charge in [-0.25, -0.2) is 4.68 Å². The van der Waals surface area contributed by atoms with Gasteiger partial charge in [0.15, 0.2) is 0 Å². The highest BCUT2D eigenvalue weighted by Crippen LogP contribution is 2.16. The van der Waals surface area contributed by atoms with Gasteiger partial charge in [-0.15, -0.1) is 6.42 Å². The van der Waals surface area contributed by atoms with Gasteiger partial charge in [-0.3, -0.25) is 4.79 Å². The average Bonchev–Trinajstić information content (AvgIpc) is 2.37. The van der Waals surface area contributed by atoms with Crippen LogP contribution < -0.4 is 10.9 Å². The molecule has 0 fully saturated rings. The molecule has 0 aromatic carbocycles. The van der Waals surface area contributed by atoms with Crippen molar-refractivity contribution in [1.82, 2.24) is 9.78 Å². The molecule has 0 aliphatic heterocycles. The zero-order valence-electron chi connectivity index (χ0n) is 10.2. The molecule has 0 spiro atoms. The molecule has 0 saturated carbocycles. The Morgan fingerprint density at radius 2 is 2.44 bits per heavy atom. The largest absolute Gasteiger partial charge is 0.393 e. The summed E-state index contributed by atoms with van der Waals surface area (Å²) in [6.45, 7) is 2.64. The van der Waals surface area contributed by atoms with Gasteiger partial charge in [0.1, 0.15) is 11.0 Å². The number of aliphatic hydroxyl groups excluding tert-OH is 1. The summed E-state index contributed by atoms with van der Waals surface area (Å²) >= 11 is 3.22. The highest BCUT2D eigenvalue weighted by Gasteiger charge is 2.08. The average molecular weight is 314 g/mol. The highest BCUT2D eigenvalue weighted by molar-refractivity contribution is 9.10. The summed E-state index contributed by atoms with van der Waals surface area (Å²) in [5.41, 5.74) is 0.338. The topological polar surface area (TPSA) is 67.2 Å². The molecule has 0 aliphatic carbocycles. The van der Waals surface area contributed by atoms with E-state index in [0.717, 1.165) is 0 Å². The first-order chi connectivity index (χ1) is 8.60. The van der Waals surface area contributed by atoms with Crippen molar-refractivity contribution < 1.29 is 5.11 Å². The Morgan fingerprint density at radius 1 is 1.72 bits per heavy atom. The third-order valence-electron chi connectivity index (χ3n) is 2.49. The number of anilines is 1. The van der Waals surface area contributed by atoms with Crippen molar-refractivity contribution in [3.8, 4) is 12.3 Å². The number of hydrogen-bond donors (Lipinski definition) is 2. The van der Waals surface area contributed by atoms with Gasteiger partial charge >= 0.3 is 0 Å². The van der Waals surface area contributed by atoms with Crippen LogP contribution in [0.1, 0.15) is 19.8 Å². The van der Waals surface area contributed by atoms with Crippen LogP contribution in [0.2, 0.25) is 0 Å². The lowest BCUT2D eigenvalue weighted by Gasteiger charge is -2.11. The molecule has 1 rings (SSSR count). The maximum Gasteiger partial charge on any atom is 0.284 e. The van der Waals surface area contributed by atoms with Crippen molar-refractivity contribution >= 4 is 21.6 Å². The molecule has 0 bridgehead atoms. The zero-order valence-corrected chi connectivity index (χ0v) is 11.8. The number of aromatic nitrogens is 2. The minimum Gasteiger partial charge on any atom is -0.393 e. The summed E-state index contributed by atoms with van der Waals surface area (Å²) in [6, 6.07) is 0. The number of nitrogens with zero attached hydrogens (tertiary/aromatic N) is 2. The second kappa shape index (κ2) is 7.19. The van der Waals surface area contributed by atoms with Crippen molar-refractivity contribution in [2.75, 3.05) is 11.9 Å². The van der Waals surface area contributed by atoms with Crippen LogP contribution >= 0.6 is 15.9 Å². The van der Waals surface area contributed by atoms with E-state index in [1.807, 2.05) is 6.92 Å². The highest BCUT2D eigenvalue weighted by atomic mass is 79.9. The summed E-state index contributed by atoms with van der Waals surface area (Å²) < 4.78 is 1.61. The van der Waals surface area contributed by atoms with Crippen LogP contribution in [0.3, 0.4) is 0 Å². The van der Waals surface area contributed by atoms with Crippen LogP contribution in [0.25, 0.3) is 0 Å². The monoisotopic (exact) mass is 313 g/mol. The van der Waals surface area contributed by atoms with E-state index in [2.05, 4.69) is 32.3 Å². The first-order valence-electron chi connectivity index (χ1n) is 5.71. The SMILES string of the molecule is C#CCn1ncc(NCCC(O)CC)c(Br)c1=O. The molecule has 6 heteroatoms. The molecule has 0 amide bonds. The first-order valence-corrected chi connectivity index (χ1v) is 6.50. The fraction of sp³-hybridized carbons (Fsp3) is 0.500. The maximum absolute atomic E-state index is 11.8. The van der Waals surface area contributed by atoms with Gasteiger partial charge in [0.25, 0.3) is 5.56 Å². The molecule has 2 N–H and O–H groups in total. The minimum atomic E-state index is -0.328. The van der Waals surface area contributed by atoms with Gasteiger partial charge in [0.2, 0.25) is 0 Å². The molecule has 98 valence electrons. The van der Waals surface area contributed by atoms with Gasteiger partial charge < -0.3 is 10.4 Å². The van der Waals surface area contributed by atoms with Crippen LogP contribution in [0.15, 0.2) is 15.5 Å². The molecule has 5 nitrogen and oxygen atoms in total. The molecule has 18 heavy (non-hydrogen) atoms. The van der Waals surface area contributed by atoms with Gasteiger partial charge in [-0.2, -0.15) is 5.10 Å². The summed E-state index contributed by atoms with van der Waals surface area (Å²) in [5.74, 6) is 2.36. The zero-order chi connectivity index (χ0) is 13.5. The van der Waals surface area contributed by atoms with Crippen molar-refractivity contribution in [1.29, 1.82) is 0 Å². The van der Waals surface area contributed by atoms with Gasteiger partial charge in [0.05, 0.1) is 18.0 Å².